The topological polar surface area (TPSA) is 41.6 Å². The van der Waals surface area contributed by atoms with Gasteiger partial charge in [-0.15, -0.1) is 0 Å². The first-order valence-electron chi connectivity index (χ1n) is 6.80. The molecule has 1 heterocycles. The first-order valence-corrected chi connectivity index (χ1v) is 6.80. The van der Waals surface area contributed by atoms with Crippen molar-refractivity contribution in [1.82, 2.24) is 10.2 Å². The van der Waals surface area contributed by atoms with Crippen molar-refractivity contribution in [3.8, 4) is 0 Å². The minimum atomic E-state index is 0.0484. The maximum atomic E-state index is 11.0. The van der Waals surface area contributed by atoms with Crippen molar-refractivity contribution in [1.29, 1.82) is 0 Å². The molecule has 4 heteroatoms. The first kappa shape index (κ1) is 15.4. The number of nitrogens with one attached hydrogen (secondary N) is 1. The third kappa shape index (κ3) is 4.94. The van der Waals surface area contributed by atoms with Crippen molar-refractivity contribution in [3.05, 3.63) is 0 Å². The summed E-state index contributed by atoms with van der Waals surface area (Å²) in [6.45, 7) is 15.0. The van der Waals surface area contributed by atoms with E-state index in [1.807, 2.05) is 0 Å². The summed E-state index contributed by atoms with van der Waals surface area (Å²) in [6, 6.07) is 0. The smallest absolute Gasteiger partial charge is 0.216 e. The molecule has 0 aromatic rings. The van der Waals surface area contributed by atoms with Gasteiger partial charge in [0, 0.05) is 32.1 Å². The zero-order valence-electron chi connectivity index (χ0n) is 12.5. The molecular formula is C14H28N2O2. The van der Waals surface area contributed by atoms with Crippen LogP contribution in [-0.4, -0.2) is 49.2 Å². The second-order valence-corrected chi connectivity index (χ2v) is 6.66. The van der Waals surface area contributed by atoms with Gasteiger partial charge in [0.15, 0.2) is 0 Å². The van der Waals surface area contributed by atoms with Gasteiger partial charge in [-0.05, 0) is 25.7 Å². The van der Waals surface area contributed by atoms with Gasteiger partial charge in [-0.25, -0.2) is 0 Å². The molecule has 1 rings (SSSR count). The van der Waals surface area contributed by atoms with Gasteiger partial charge in [-0.2, -0.15) is 0 Å². The molecule has 0 unspecified atom stereocenters. The summed E-state index contributed by atoms with van der Waals surface area (Å²) < 4.78 is 5.41. The molecule has 1 aliphatic heterocycles. The largest absolute Gasteiger partial charge is 0.379 e. The molecule has 0 bridgehead atoms. The predicted molar refractivity (Wildman–Crippen MR) is 73.6 cm³/mol. The highest BCUT2D eigenvalue weighted by molar-refractivity contribution is 5.72. The summed E-state index contributed by atoms with van der Waals surface area (Å²) in [6.07, 6.45) is 1.06. The van der Waals surface area contributed by atoms with Crippen LogP contribution >= 0.6 is 0 Å². The fourth-order valence-corrected chi connectivity index (χ4v) is 2.88. The third-order valence-corrected chi connectivity index (χ3v) is 3.59. The van der Waals surface area contributed by atoms with Gasteiger partial charge in [0.25, 0.3) is 0 Å². The number of rotatable bonds is 5. The van der Waals surface area contributed by atoms with Crippen LogP contribution in [0.5, 0.6) is 0 Å². The summed E-state index contributed by atoms with van der Waals surface area (Å²) in [4.78, 5) is 13.5. The lowest BCUT2D eigenvalue weighted by molar-refractivity contribution is -0.119. The summed E-state index contributed by atoms with van der Waals surface area (Å²) in [5.74, 6) is 0.0484. The van der Waals surface area contributed by atoms with E-state index in [0.717, 1.165) is 39.3 Å². The van der Waals surface area contributed by atoms with Crippen LogP contribution in [0.25, 0.3) is 0 Å². The van der Waals surface area contributed by atoms with E-state index >= 15 is 0 Å². The molecule has 18 heavy (non-hydrogen) atoms. The van der Waals surface area contributed by atoms with E-state index in [1.54, 1.807) is 6.92 Å². The molecular weight excluding hydrogens is 228 g/mol. The maximum absolute atomic E-state index is 11.0. The molecule has 1 saturated heterocycles. The standard InChI is InChI=1S/C14H28N2O2/c1-12(17)15-11-13(2,3)10-14(4,5)16-6-8-18-9-7-16/h6-11H2,1-5H3,(H,15,17). The van der Waals surface area contributed by atoms with Gasteiger partial charge in [0.1, 0.15) is 0 Å². The molecule has 0 radical (unpaired) electrons. The fourth-order valence-electron chi connectivity index (χ4n) is 2.88. The number of amides is 1. The number of ether oxygens (including phenoxy) is 1. The van der Waals surface area contributed by atoms with E-state index in [-0.39, 0.29) is 16.9 Å². The van der Waals surface area contributed by atoms with Gasteiger partial charge in [0.2, 0.25) is 5.91 Å². The van der Waals surface area contributed by atoms with Crippen molar-refractivity contribution < 1.29 is 9.53 Å². The van der Waals surface area contributed by atoms with Crippen LogP contribution in [-0.2, 0) is 9.53 Å². The van der Waals surface area contributed by atoms with Crippen LogP contribution in [0.3, 0.4) is 0 Å². The highest BCUT2D eigenvalue weighted by Crippen LogP contribution is 2.31. The zero-order valence-corrected chi connectivity index (χ0v) is 12.5. The fraction of sp³-hybridized carbons (Fsp3) is 0.929. The van der Waals surface area contributed by atoms with E-state index in [9.17, 15) is 4.79 Å². The monoisotopic (exact) mass is 256 g/mol. The van der Waals surface area contributed by atoms with Crippen LogP contribution in [0.1, 0.15) is 41.0 Å². The Hall–Kier alpha value is -0.610. The lowest BCUT2D eigenvalue weighted by atomic mass is 9.79. The lowest BCUT2D eigenvalue weighted by Crippen LogP contribution is -2.52. The Kier molecular flexibility index (Phi) is 5.17. The number of carbonyl (C=O) groups excluding carboxylic acids is 1. The van der Waals surface area contributed by atoms with Crippen molar-refractivity contribution in [3.63, 3.8) is 0 Å². The zero-order chi connectivity index (χ0) is 13.8. The van der Waals surface area contributed by atoms with E-state index in [0.29, 0.717) is 0 Å². The van der Waals surface area contributed by atoms with Gasteiger partial charge < -0.3 is 10.1 Å². The van der Waals surface area contributed by atoms with Crippen molar-refractivity contribution in [2.24, 2.45) is 5.41 Å². The molecule has 1 fully saturated rings. The molecule has 1 amide bonds. The van der Waals surface area contributed by atoms with Crippen LogP contribution in [0.4, 0.5) is 0 Å². The molecule has 0 aromatic heterocycles. The van der Waals surface area contributed by atoms with Gasteiger partial charge in [-0.1, -0.05) is 13.8 Å². The van der Waals surface area contributed by atoms with E-state index in [1.165, 1.54) is 0 Å². The Bertz CT molecular complexity index is 282. The van der Waals surface area contributed by atoms with Crippen LogP contribution in [0.2, 0.25) is 0 Å². The second-order valence-electron chi connectivity index (χ2n) is 6.66. The third-order valence-electron chi connectivity index (χ3n) is 3.59. The Labute approximate surface area is 111 Å². The van der Waals surface area contributed by atoms with E-state index in [2.05, 4.69) is 37.9 Å². The summed E-state index contributed by atoms with van der Waals surface area (Å²) in [7, 11) is 0. The highest BCUT2D eigenvalue weighted by Gasteiger charge is 2.34. The molecule has 1 aliphatic rings. The summed E-state index contributed by atoms with van der Waals surface area (Å²) in [5.41, 5.74) is 0.249. The number of carbonyl (C=O) groups is 1. The lowest BCUT2D eigenvalue weighted by Gasteiger charge is -2.45. The number of morpholine rings is 1. The quantitative estimate of drug-likeness (QED) is 0.813. The molecule has 106 valence electrons. The highest BCUT2D eigenvalue weighted by atomic mass is 16.5. The normalized spacial score (nSPS) is 18.7. The number of hydrogen-bond acceptors (Lipinski definition) is 3. The van der Waals surface area contributed by atoms with Crippen LogP contribution in [0.15, 0.2) is 0 Å². The molecule has 0 aromatic carbocycles. The Balaban J connectivity index is 2.53. The molecule has 0 aliphatic carbocycles. The van der Waals surface area contributed by atoms with Gasteiger partial charge >= 0.3 is 0 Å². The molecule has 4 nitrogen and oxygen atoms in total. The minimum Gasteiger partial charge on any atom is -0.379 e. The van der Waals surface area contributed by atoms with Crippen LogP contribution < -0.4 is 5.32 Å². The Morgan fingerprint density at radius 2 is 1.78 bits per heavy atom. The molecule has 0 atom stereocenters. The van der Waals surface area contributed by atoms with Gasteiger partial charge in [-0.3, -0.25) is 9.69 Å². The average molecular weight is 256 g/mol. The average Bonchev–Trinajstić information content (AvgIpc) is 2.26. The SMILES string of the molecule is CC(=O)NCC(C)(C)CC(C)(C)N1CCOCC1. The number of hydrogen-bond donors (Lipinski definition) is 1. The number of nitrogens with zero attached hydrogens (tertiary/aromatic N) is 1. The Morgan fingerprint density at radius 1 is 1.22 bits per heavy atom. The van der Waals surface area contributed by atoms with Gasteiger partial charge in [0.05, 0.1) is 13.2 Å². The van der Waals surface area contributed by atoms with Crippen molar-refractivity contribution >= 4 is 5.91 Å². The second kappa shape index (κ2) is 6.02. The van der Waals surface area contributed by atoms with Crippen LogP contribution in [0, 0.1) is 5.41 Å². The molecule has 1 N–H and O–H groups in total. The van der Waals surface area contributed by atoms with E-state index in [4.69, 9.17) is 4.74 Å². The summed E-state index contributed by atoms with van der Waals surface area (Å²) >= 11 is 0. The van der Waals surface area contributed by atoms with Crippen molar-refractivity contribution in [2.45, 2.75) is 46.6 Å². The molecule has 0 spiro atoms. The Morgan fingerprint density at radius 3 is 2.28 bits per heavy atom. The van der Waals surface area contributed by atoms with E-state index < -0.39 is 0 Å². The first-order chi connectivity index (χ1) is 8.23. The molecule has 0 saturated carbocycles. The van der Waals surface area contributed by atoms with Crippen molar-refractivity contribution in [2.75, 3.05) is 32.8 Å². The summed E-state index contributed by atoms with van der Waals surface area (Å²) in [5, 5.41) is 2.93. The predicted octanol–water partition coefficient (Wildman–Crippen LogP) is 1.65. The maximum Gasteiger partial charge on any atom is 0.216 e. The minimum absolute atomic E-state index is 0.0484.